The molecule has 0 saturated carbocycles. The molecule has 2 rings (SSSR count). The number of ether oxygens (including phenoxy) is 1. The first kappa shape index (κ1) is 16.0. The van der Waals surface area contributed by atoms with Crippen LogP contribution in [0.15, 0.2) is 48.5 Å². The number of rotatable bonds is 6. The number of amides is 1. The molecule has 0 radical (unpaired) electrons. The molecule has 3 nitrogen and oxygen atoms in total. The van der Waals surface area contributed by atoms with Gasteiger partial charge in [0.1, 0.15) is 17.3 Å². The zero-order valence-corrected chi connectivity index (χ0v) is 12.8. The molecule has 0 aliphatic heterocycles. The fourth-order valence-electron chi connectivity index (χ4n) is 2.13. The first-order valence-electron chi connectivity index (χ1n) is 7.32. The lowest BCUT2D eigenvalue weighted by atomic mass is 9.98. The summed E-state index contributed by atoms with van der Waals surface area (Å²) in [4.78, 5) is 10.8. The second-order valence-corrected chi connectivity index (χ2v) is 5.30. The van der Waals surface area contributed by atoms with Gasteiger partial charge in [-0.1, -0.05) is 19.1 Å². The van der Waals surface area contributed by atoms with Crippen molar-refractivity contribution in [2.24, 2.45) is 0 Å². The number of benzene rings is 2. The highest BCUT2D eigenvalue weighted by Gasteiger charge is 2.06. The third-order valence-electron chi connectivity index (χ3n) is 3.45. The van der Waals surface area contributed by atoms with Crippen LogP contribution in [-0.4, -0.2) is 12.5 Å². The van der Waals surface area contributed by atoms with E-state index in [9.17, 15) is 9.18 Å². The Kier molecular flexibility index (Phi) is 5.53. The Morgan fingerprint density at radius 1 is 1.09 bits per heavy atom. The van der Waals surface area contributed by atoms with Crippen molar-refractivity contribution in [3.8, 4) is 11.5 Å². The van der Waals surface area contributed by atoms with Gasteiger partial charge in [0.05, 0.1) is 0 Å². The molecule has 116 valence electrons. The van der Waals surface area contributed by atoms with Crippen molar-refractivity contribution in [1.29, 1.82) is 0 Å². The lowest BCUT2D eigenvalue weighted by molar-refractivity contribution is -0.118. The molecule has 0 bridgehead atoms. The van der Waals surface area contributed by atoms with Gasteiger partial charge in [0.15, 0.2) is 0 Å². The monoisotopic (exact) mass is 301 g/mol. The summed E-state index contributed by atoms with van der Waals surface area (Å²) in [6.07, 6.45) is 0.887. The van der Waals surface area contributed by atoms with Crippen LogP contribution in [0.1, 0.15) is 31.7 Å². The third kappa shape index (κ3) is 4.88. The molecule has 4 heteroatoms. The highest BCUT2D eigenvalue weighted by Crippen LogP contribution is 2.25. The van der Waals surface area contributed by atoms with Gasteiger partial charge in [-0.2, -0.15) is 0 Å². The average molecular weight is 301 g/mol. The van der Waals surface area contributed by atoms with E-state index in [0.29, 0.717) is 24.0 Å². The van der Waals surface area contributed by atoms with Crippen LogP contribution < -0.4 is 10.1 Å². The third-order valence-corrected chi connectivity index (χ3v) is 3.45. The van der Waals surface area contributed by atoms with E-state index in [1.54, 1.807) is 12.1 Å². The zero-order chi connectivity index (χ0) is 15.9. The van der Waals surface area contributed by atoms with E-state index in [1.165, 1.54) is 24.6 Å². The molecule has 0 saturated heterocycles. The van der Waals surface area contributed by atoms with Crippen LogP contribution in [0.4, 0.5) is 4.39 Å². The van der Waals surface area contributed by atoms with E-state index in [1.807, 2.05) is 24.3 Å². The summed E-state index contributed by atoms with van der Waals surface area (Å²) in [5.41, 5.74) is 1.19. The maximum absolute atomic E-state index is 12.8. The minimum absolute atomic E-state index is 0.00440. The van der Waals surface area contributed by atoms with E-state index in [-0.39, 0.29) is 11.7 Å². The summed E-state index contributed by atoms with van der Waals surface area (Å²) in [5, 5.41) is 2.80. The van der Waals surface area contributed by atoms with Gasteiger partial charge in [-0.3, -0.25) is 4.79 Å². The molecule has 0 fully saturated rings. The van der Waals surface area contributed by atoms with Gasteiger partial charge in [0.2, 0.25) is 5.91 Å². The Balaban J connectivity index is 1.92. The van der Waals surface area contributed by atoms with Crippen molar-refractivity contribution >= 4 is 5.91 Å². The van der Waals surface area contributed by atoms with E-state index in [4.69, 9.17) is 4.74 Å². The van der Waals surface area contributed by atoms with Gasteiger partial charge < -0.3 is 10.1 Å². The summed E-state index contributed by atoms with van der Waals surface area (Å²) >= 11 is 0. The van der Waals surface area contributed by atoms with Crippen molar-refractivity contribution in [2.45, 2.75) is 26.2 Å². The number of halogens is 1. The molecule has 2 aromatic carbocycles. The quantitative estimate of drug-likeness (QED) is 0.866. The van der Waals surface area contributed by atoms with Crippen LogP contribution in [0.5, 0.6) is 11.5 Å². The Labute approximate surface area is 130 Å². The standard InChI is InChI=1S/C18H20FNO2/c1-13(11-12-20-14(2)21)15-3-7-17(8-4-15)22-18-9-5-16(19)6-10-18/h3-10,13H,11-12H2,1-2H3,(H,20,21). The average Bonchev–Trinajstić information content (AvgIpc) is 2.50. The summed E-state index contributed by atoms with van der Waals surface area (Å²) in [5.74, 6) is 1.38. The maximum atomic E-state index is 12.8. The predicted octanol–water partition coefficient (Wildman–Crippen LogP) is 4.25. The second kappa shape index (κ2) is 7.59. The van der Waals surface area contributed by atoms with Crippen LogP contribution >= 0.6 is 0 Å². The summed E-state index contributed by atoms with van der Waals surface area (Å²) < 4.78 is 18.5. The van der Waals surface area contributed by atoms with Crippen molar-refractivity contribution in [3.63, 3.8) is 0 Å². The lowest BCUT2D eigenvalue weighted by Gasteiger charge is -2.13. The van der Waals surface area contributed by atoms with E-state index in [0.717, 1.165) is 6.42 Å². The molecular formula is C18H20FNO2. The highest BCUT2D eigenvalue weighted by molar-refractivity contribution is 5.72. The molecule has 0 aliphatic rings. The van der Waals surface area contributed by atoms with Crippen LogP contribution in [-0.2, 0) is 4.79 Å². The number of hydrogen-bond acceptors (Lipinski definition) is 2. The zero-order valence-electron chi connectivity index (χ0n) is 12.8. The molecule has 1 N–H and O–H groups in total. The highest BCUT2D eigenvalue weighted by atomic mass is 19.1. The molecule has 0 aliphatic carbocycles. The van der Waals surface area contributed by atoms with Gasteiger partial charge in [-0.15, -0.1) is 0 Å². The van der Waals surface area contributed by atoms with E-state index in [2.05, 4.69) is 12.2 Å². The topological polar surface area (TPSA) is 38.3 Å². The predicted molar refractivity (Wildman–Crippen MR) is 84.6 cm³/mol. The number of carbonyl (C=O) groups is 1. The molecule has 0 heterocycles. The Hall–Kier alpha value is -2.36. The second-order valence-electron chi connectivity index (χ2n) is 5.30. The van der Waals surface area contributed by atoms with Crippen LogP contribution in [0.25, 0.3) is 0 Å². The molecule has 0 aromatic heterocycles. The minimum Gasteiger partial charge on any atom is -0.457 e. The summed E-state index contributed by atoms with van der Waals surface area (Å²) in [7, 11) is 0. The Morgan fingerprint density at radius 2 is 1.64 bits per heavy atom. The van der Waals surface area contributed by atoms with Crippen LogP contribution in [0, 0.1) is 5.82 Å². The van der Waals surface area contributed by atoms with Crippen molar-refractivity contribution < 1.29 is 13.9 Å². The largest absolute Gasteiger partial charge is 0.457 e. The smallest absolute Gasteiger partial charge is 0.216 e. The van der Waals surface area contributed by atoms with Gasteiger partial charge >= 0.3 is 0 Å². The molecule has 22 heavy (non-hydrogen) atoms. The molecule has 1 unspecified atom stereocenters. The van der Waals surface area contributed by atoms with Crippen molar-refractivity contribution in [3.05, 3.63) is 59.9 Å². The van der Waals surface area contributed by atoms with Crippen LogP contribution in [0.3, 0.4) is 0 Å². The normalized spacial score (nSPS) is 11.8. The maximum Gasteiger partial charge on any atom is 0.216 e. The van der Waals surface area contributed by atoms with Crippen molar-refractivity contribution in [2.75, 3.05) is 6.54 Å². The first-order chi connectivity index (χ1) is 10.5. The Bertz CT molecular complexity index is 608. The molecule has 1 amide bonds. The number of hydrogen-bond donors (Lipinski definition) is 1. The first-order valence-corrected chi connectivity index (χ1v) is 7.32. The minimum atomic E-state index is -0.282. The molecular weight excluding hydrogens is 281 g/mol. The lowest BCUT2D eigenvalue weighted by Crippen LogP contribution is -2.22. The summed E-state index contributed by atoms with van der Waals surface area (Å²) in [6.45, 7) is 4.31. The van der Waals surface area contributed by atoms with Crippen molar-refractivity contribution in [1.82, 2.24) is 5.32 Å². The van der Waals surface area contributed by atoms with E-state index < -0.39 is 0 Å². The number of carbonyl (C=O) groups excluding carboxylic acids is 1. The SMILES string of the molecule is CC(=O)NCCC(C)c1ccc(Oc2ccc(F)cc2)cc1. The fraction of sp³-hybridized carbons (Fsp3) is 0.278. The van der Waals surface area contributed by atoms with Gasteiger partial charge in [-0.25, -0.2) is 4.39 Å². The van der Waals surface area contributed by atoms with Crippen LogP contribution in [0.2, 0.25) is 0 Å². The number of nitrogens with one attached hydrogen (secondary N) is 1. The Morgan fingerprint density at radius 3 is 2.18 bits per heavy atom. The molecule has 0 spiro atoms. The van der Waals surface area contributed by atoms with E-state index >= 15 is 0 Å². The molecule has 1 atom stereocenters. The fourth-order valence-corrected chi connectivity index (χ4v) is 2.13. The summed E-state index contributed by atoms with van der Waals surface area (Å²) in [6, 6.07) is 13.7. The van der Waals surface area contributed by atoms with Gasteiger partial charge in [0.25, 0.3) is 0 Å². The van der Waals surface area contributed by atoms with Gasteiger partial charge in [-0.05, 0) is 54.3 Å². The van der Waals surface area contributed by atoms with Gasteiger partial charge in [0, 0.05) is 13.5 Å². The molecule has 2 aromatic rings.